The highest BCUT2D eigenvalue weighted by Crippen LogP contribution is 2.32. The molecule has 0 heterocycles. The Morgan fingerprint density at radius 1 is 1.29 bits per heavy atom. The molecule has 0 aliphatic carbocycles. The van der Waals surface area contributed by atoms with Gasteiger partial charge in [-0.3, -0.25) is 0 Å². The van der Waals surface area contributed by atoms with Gasteiger partial charge in [0, 0.05) is 0 Å². The highest BCUT2D eigenvalue weighted by atomic mass is 16.5. The number of aliphatic hydroxyl groups is 1. The van der Waals surface area contributed by atoms with Gasteiger partial charge in [-0.2, -0.15) is 0 Å². The Labute approximate surface area is 83.3 Å². The zero-order chi connectivity index (χ0) is 10.6. The van der Waals surface area contributed by atoms with Gasteiger partial charge in [0.1, 0.15) is 11.5 Å². The van der Waals surface area contributed by atoms with Crippen LogP contribution in [0, 0.1) is 0 Å². The van der Waals surface area contributed by atoms with E-state index < -0.39 is 6.04 Å². The summed E-state index contributed by atoms with van der Waals surface area (Å²) in [5, 5.41) is 8.99. The minimum absolute atomic E-state index is 0.142. The van der Waals surface area contributed by atoms with E-state index in [-0.39, 0.29) is 6.61 Å². The first kappa shape index (κ1) is 10.8. The largest absolute Gasteiger partial charge is 0.496 e. The molecule has 0 bridgehead atoms. The second kappa shape index (κ2) is 4.83. The lowest BCUT2D eigenvalue weighted by molar-refractivity contribution is 0.260. The van der Waals surface area contributed by atoms with Crippen molar-refractivity contribution in [3.63, 3.8) is 0 Å². The zero-order valence-corrected chi connectivity index (χ0v) is 8.36. The molecular weight excluding hydrogens is 182 g/mol. The molecule has 1 rings (SSSR count). The number of aliphatic hydroxyl groups excluding tert-OH is 1. The van der Waals surface area contributed by atoms with Gasteiger partial charge < -0.3 is 20.3 Å². The summed E-state index contributed by atoms with van der Waals surface area (Å²) in [5.41, 5.74) is 6.43. The van der Waals surface area contributed by atoms with Crippen molar-refractivity contribution in [1.29, 1.82) is 0 Å². The Kier molecular flexibility index (Phi) is 3.73. The summed E-state index contributed by atoms with van der Waals surface area (Å²) in [7, 11) is 3.12. The Morgan fingerprint density at radius 2 is 1.79 bits per heavy atom. The average Bonchev–Trinajstić information content (AvgIpc) is 2.26. The van der Waals surface area contributed by atoms with Crippen LogP contribution in [-0.4, -0.2) is 25.9 Å². The molecule has 3 N–H and O–H groups in total. The van der Waals surface area contributed by atoms with E-state index in [2.05, 4.69) is 0 Å². The van der Waals surface area contributed by atoms with E-state index >= 15 is 0 Å². The molecule has 78 valence electrons. The van der Waals surface area contributed by atoms with Crippen molar-refractivity contribution < 1.29 is 14.6 Å². The maximum atomic E-state index is 8.99. The molecule has 0 fully saturated rings. The first-order valence-corrected chi connectivity index (χ1v) is 4.32. The molecule has 0 aliphatic rings. The summed E-state index contributed by atoms with van der Waals surface area (Å²) in [6, 6.07) is 4.90. The molecule has 0 saturated heterocycles. The van der Waals surface area contributed by atoms with E-state index in [0.717, 1.165) is 0 Å². The minimum atomic E-state index is -0.485. The fraction of sp³-hybridized carbons (Fsp3) is 0.400. The maximum absolute atomic E-state index is 8.99. The van der Waals surface area contributed by atoms with Crippen LogP contribution < -0.4 is 15.2 Å². The van der Waals surface area contributed by atoms with Gasteiger partial charge in [0.15, 0.2) is 0 Å². The number of ether oxygens (including phenoxy) is 2. The fourth-order valence-corrected chi connectivity index (χ4v) is 1.34. The van der Waals surface area contributed by atoms with E-state index in [4.69, 9.17) is 20.3 Å². The van der Waals surface area contributed by atoms with E-state index in [1.807, 2.05) is 6.07 Å². The van der Waals surface area contributed by atoms with Gasteiger partial charge in [-0.15, -0.1) is 0 Å². The molecule has 0 unspecified atom stereocenters. The van der Waals surface area contributed by atoms with Gasteiger partial charge in [0.25, 0.3) is 0 Å². The van der Waals surface area contributed by atoms with Crippen molar-refractivity contribution in [2.45, 2.75) is 6.04 Å². The first-order chi connectivity index (χ1) is 6.74. The van der Waals surface area contributed by atoms with E-state index in [1.165, 1.54) is 0 Å². The topological polar surface area (TPSA) is 64.7 Å². The lowest BCUT2D eigenvalue weighted by Crippen LogP contribution is -2.16. The second-order valence-electron chi connectivity index (χ2n) is 2.87. The van der Waals surface area contributed by atoms with Gasteiger partial charge in [0.05, 0.1) is 32.4 Å². The van der Waals surface area contributed by atoms with Crippen LogP contribution in [0.1, 0.15) is 11.6 Å². The predicted molar refractivity (Wildman–Crippen MR) is 53.6 cm³/mol. The monoisotopic (exact) mass is 197 g/mol. The van der Waals surface area contributed by atoms with Gasteiger partial charge in [-0.1, -0.05) is 6.07 Å². The van der Waals surface area contributed by atoms with Crippen molar-refractivity contribution >= 4 is 0 Å². The number of hydrogen-bond acceptors (Lipinski definition) is 4. The summed E-state index contributed by atoms with van der Waals surface area (Å²) in [5.74, 6) is 1.26. The molecule has 0 amide bonds. The van der Waals surface area contributed by atoms with Crippen LogP contribution >= 0.6 is 0 Å². The van der Waals surface area contributed by atoms with E-state index in [9.17, 15) is 0 Å². The predicted octanol–water partition coefficient (Wildman–Crippen LogP) is 0.696. The zero-order valence-electron chi connectivity index (χ0n) is 8.36. The van der Waals surface area contributed by atoms with Crippen molar-refractivity contribution in [3.05, 3.63) is 23.8 Å². The van der Waals surface area contributed by atoms with Gasteiger partial charge in [-0.05, 0) is 12.1 Å². The summed E-state index contributed by atoms with van der Waals surface area (Å²) in [6.07, 6.45) is 0. The quantitative estimate of drug-likeness (QED) is 0.745. The third kappa shape index (κ3) is 1.97. The molecule has 1 aromatic carbocycles. The highest BCUT2D eigenvalue weighted by Gasteiger charge is 2.16. The van der Waals surface area contributed by atoms with Crippen molar-refractivity contribution in [2.24, 2.45) is 5.73 Å². The molecule has 0 aliphatic heterocycles. The van der Waals surface area contributed by atoms with Crippen LogP contribution in [0.5, 0.6) is 11.5 Å². The van der Waals surface area contributed by atoms with Gasteiger partial charge in [0.2, 0.25) is 0 Å². The molecule has 4 heteroatoms. The van der Waals surface area contributed by atoms with Crippen LogP contribution in [0.25, 0.3) is 0 Å². The molecule has 0 spiro atoms. The van der Waals surface area contributed by atoms with Crippen molar-refractivity contribution in [1.82, 2.24) is 0 Å². The average molecular weight is 197 g/mol. The Bertz CT molecular complexity index is 279. The van der Waals surface area contributed by atoms with Crippen LogP contribution in [0.4, 0.5) is 0 Å². The van der Waals surface area contributed by atoms with Crippen molar-refractivity contribution in [2.75, 3.05) is 20.8 Å². The lowest BCUT2D eigenvalue weighted by atomic mass is 10.1. The standard InChI is InChI=1S/C10H15NO3/c1-13-8-4-3-5-9(14-2)10(8)7(11)6-12/h3-5,7,12H,6,11H2,1-2H3/t7-/m0/s1. The van der Waals surface area contributed by atoms with E-state index in [1.54, 1.807) is 26.4 Å². The number of nitrogens with two attached hydrogens (primary N) is 1. The summed E-state index contributed by atoms with van der Waals surface area (Å²) < 4.78 is 10.3. The molecule has 0 saturated carbocycles. The third-order valence-corrected chi connectivity index (χ3v) is 2.03. The lowest BCUT2D eigenvalue weighted by Gasteiger charge is -2.16. The summed E-state index contributed by atoms with van der Waals surface area (Å²) in [4.78, 5) is 0. The van der Waals surface area contributed by atoms with Gasteiger partial charge >= 0.3 is 0 Å². The number of hydrogen-bond donors (Lipinski definition) is 2. The third-order valence-electron chi connectivity index (χ3n) is 2.03. The fourth-order valence-electron chi connectivity index (χ4n) is 1.34. The molecule has 0 aromatic heterocycles. The van der Waals surface area contributed by atoms with Crippen LogP contribution in [0.3, 0.4) is 0 Å². The summed E-state index contributed by atoms with van der Waals surface area (Å²) in [6.45, 7) is -0.142. The number of benzene rings is 1. The van der Waals surface area contributed by atoms with Crippen LogP contribution in [-0.2, 0) is 0 Å². The van der Waals surface area contributed by atoms with E-state index in [0.29, 0.717) is 17.1 Å². The highest BCUT2D eigenvalue weighted by molar-refractivity contribution is 5.46. The molecule has 1 atom stereocenters. The second-order valence-corrected chi connectivity index (χ2v) is 2.87. The maximum Gasteiger partial charge on any atom is 0.127 e. The minimum Gasteiger partial charge on any atom is -0.496 e. The van der Waals surface area contributed by atoms with Gasteiger partial charge in [-0.25, -0.2) is 0 Å². The molecule has 0 radical (unpaired) electrons. The molecule has 1 aromatic rings. The summed E-state index contributed by atoms with van der Waals surface area (Å²) >= 11 is 0. The smallest absolute Gasteiger partial charge is 0.127 e. The molecule has 14 heavy (non-hydrogen) atoms. The normalized spacial score (nSPS) is 12.3. The Hall–Kier alpha value is -1.26. The molecule has 4 nitrogen and oxygen atoms in total. The van der Waals surface area contributed by atoms with Crippen LogP contribution in [0.2, 0.25) is 0 Å². The first-order valence-electron chi connectivity index (χ1n) is 4.32. The Morgan fingerprint density at radius 3 is 2.14 bits per heavy atom. The number of methoxy groups -OCH3 is 2. The SMILES string of the molecule is COc1cccc(OC)c1[C@@H](N)CO. The van der Waals surface area contributed by atoms with Crippen molar-refractivity contribution in [3.8, 4) is 11.5 Å². The van der Waals surface area contributed by atoms with Crippen LogP contribution in [0.15, 0.2) is 18.2 Å². The number of rotatable bonds is 4. The molecular formula is C10H15NO3. The Balaban J connectivity index is 3.18.